The number of rotatable bonds is 15. The number of carboxylic acid groups (broad SMARTS) is 1. The van der Waals surface area contributed by atoms with Gasteiger partial charge in [0.1, 0.15) is 0 Å². The topological polar surface area (TPSA) is 96.2 Å². The van der Waals surface area contributed by atoms with Crippen LogP contribution in [0.4, 0.5) is 0 Å². The normalized spacial score (nSPS) is 27.9. The lowest BCUT2D eigenvalue weighted by molar-refractivity contribution is -0.187. The first-order chi connectivity index (χ1) is 13.8. The van der Waals surface area contributed by atoms with Crippen LogP contribution in [0.25, 0.3) is 0 Å². The Morgan fingerprint density at radius 2 is 1.97 bits per heavy atom. The highest BCUT2D eigenvalue weighted by Crippen LogP contribution is 2.39. The fourth-order valence-electron chi connectivity index (χ4n) is 4.30. The van der Waals surface area contributed by atoms with Crippen LogP contribution in [0, 0.1) is 17.8 Å². The van der Waals surface area contributed by atoms with Crippen molar-refractivity contribution in [1.29, 1.82) is 0 Å². The molecule has 0 aromatic rings. The molecule has 3 N–H and O–H groups in total. The Hall–Kier alpha value is -0.950. The van der Waals surface area contributed by atoms with Gasteiger partial charge in [-0.05, 0) is 25.2 Å². The Morgan fingerprint density at radius 3 is 2.55 bits per heavy atom. The summed E-state index contributed by atoms with van der Waals surface area (Å²) in [6.07, 6.45) is 11.6. The number of hydrogen-bond acceptors (Lipinski definition) is 5. The molecule has 1 saturated carbocycles. The molecular weight excluding hydrogens is 372 g/mol. The summed E-state index contributed by atoms with van der Waals surface area (Å²) in [6, 6.07) is 0. The van der Waals surface area contributed by atoms with Gasteiger partial charge in [0, 0.05) is 39.4 Å². The van der Waals surface area contributed by atoms with E-state index < -0.39 is 17.9 Å². The number of aliphatic carboxylic acids is 1. The minimum Gasteiger partial charge on any atom is -0.481 e. The number of aliphatic hydroxyl groups excluding tert-OH is 1. The van der Waals surface area contributed by atoms with E-state index in [4.69, 9.17) is 14.6 Å². The van der Waals surface area contributed by atoms with E-state index in [0.29, 0.717) is 25.7 Å². The Kier molecular flexibility index (Phi) is 12.0. The van der Waals surface area contributed by atoms with Crippen LogP contribution < -0.4 is 0 Å². The molecule has 2 unspecified atom stereocenters. The lowest BCUT2D eigenvalue weighted by Crippen LogP contribution is -2.30. The van der Waals surface area contributed by atoms with Crippen molar-refractivity contribution in [1.82, 2.24) is 0 Å². The van der Waals surface area contributed by atoms with E-state index in [-0.39, 0.29) is 23.9 Å². The Morgan fingerprint density at radius 1 is 1.24 bits per heavy atom. The Bertz CT molecular complexity index is 494. The second-order valence-corrected chi connectivity index (χ2v) is 8.58. The second kappa shape index (κ2) is 13.4. The predicted molar refractivity (Wildman–Crippen MR) is 114 cm³/mol. The first-order valence-corrected chi connectivity index (χ1v) is 11.2. The van der Waals surface area contributed by atoms with Crippen molar-refractivity contribution < 1.29 is 29.6 Å². The SMILES string of the molecule is CCCCC(O)(CC=C[C@@H]1[C@@H](CCCCCC(C)C(=O)O)[C@H](OC)C[C@H]1O)OC. The zero-order chi connectivity index (χ0) is 21.9. The summed E-state index contributed by atoms with van der Waals surface area (Å²) in [5.41, 5.74) is 0. The van der Waals surface area contributed by atoms with Crippen LogP contribution in [-0.2, 0) is 14.3 Å². The third kappa shape index (κ3) is 8.75. The maximum absolute atomic E-state index is 10.9. The number of unbranched alkanes of at least 4 members (excludes halogenated alkanes) is 3. The van der Waals surface area contributed by atoms with E-state index in [1.165, 1.54) is 7.11 Å². The summed E-state index contributed by atoms with van der Waals surface area (Å²) >= 11 is 0. The number of ether oxygens (including phenoxy) is 2. The molecule has 0 amide bonds. The third-order valence-corrected chi connectivity index (χ3v) is 6.38. The van der Waals surface area contributed by atoms with Crippen molar-refractivity contribution in [3.63, 3.8) is 0 Å². The number of carbonyl (C=O) groups is 1. The maximum atomic E-state index is 10.9. The minimum absolute atomic E-state index is 0.00479. The van der Waals surface area contributed by atoms with E-state index >= 15 is 0 Å². The molecule has 0 radical (unpaired) electrons. The molecule has 1 aliphatic rings. The molecule has 0 aliphatic heterocycles. The summed E-state index contributed by atoms with van der Waals surface area (Å²) in [7, 11) is 3.22. The standard InChI is InChI=1S/C23H42O6/c1-5-6-14-23(27,29-4)15-10-13-18-19(21(28-3)16-20(18)24)12-9-7-8-11-17(2)22(25)26/h10,13,17-21,24,27H,5-9,11-12,14-16H2,1-4H3,(H,25,26)/t17?,18-,19-,20-,21-,23?/m1/s1. The molecule has 0 aromatic heterocycles. The fourth-order valence-corrected chi connectivity index (χ4v) is 4.30. The fraction of sp³-hybridized carbons (Fsp3) is 0.870. The van der Waals surface area contributed by atoms with Crippen LogP contribution >= 0.6 is 0 Å². The summed E-state index contributed by atoms with van der Waals surface area (Å²) < 4.78 is 10.9. The van der Waals surface area contributed by atoms with Gasteiger partial charge in [0.15, 0.2) is 5.79 Å². The number of aliphatic hydroxyl groups is 2. The van der Waals surface area contributed by atoms with Crippen molar-refractivity contribution in [3.05, 3.63) is 12.2 Å². The molecule has 6 heteroatoms. The zero-order valence-corrected chi connectivity index (χ0v) is 18.7. The monoisotopic (exact) mass is 414 g/mol. The first kappa shape index (κ1) is 26.1. The molecule has 6 nitrogen and oxygen atoms in total. The highest BCUT2D eigenvalue weighted by Gasteiger charge is 2.40. The molecule has 1 aliphatic carbocycles. The molecule has 1 fully saturated rings. The molecule has 0 bridgehead atoms. The lowest BCUT2D eigenvalue weighted by atomic mass is 9.87. The van der Waals surface area contributed by atoms with Crippen molar-refractivity contribution in [3.8, 4) is 0 Å². The van der Waals surface area contributed by atoms with Gasteiger partial charge in [-0.2, -0.15) is 0 Å². The van der Waals surface area contributed by atoms with Crippen LogP contribution in [0.15, 0.2) is 12.2 Å². The van der Waals surface area contributed by atoms with Gasteiger partial charge in [-0.15, -0.1) is 0 Å². The van der Waals surface area contributed by atoms with Crippen LogP contribution in [0.1, 0.15) is 78.1 Å². The molecular formula is C23H42O6. The van der Waals surface area contributed by atoms with Crippen molar-refractivity contribution in [2.75, 3.05) is 14.2 Å². The quantitative estimate of drug-likeness (QED) is 0.212. The lowest BCUT2D eigenvalue weighted by Gasteiger charge is -2.26. The Balaban J connectivity index is 2.58. The van der Waals surface area contributed by atoms with Crippen molar-refractivity contribution >= 4 is 5.97 Å². The molecule has 0 saturated heterocycles. The highest BCUT2D eigenvalue weighted by molar-refractivity contribution is 5.69. The van der Waals surface area contributed by atoms with Gasteiger partial charge in [0.25, 0.3) is 0 Å². The van der Waals surface area contributed by atoms with Gasteiger partial charge in [-0.25, -0.2) is 0 Å². The maximum Gasteiger partial charge on any atom is 0.306 e. The molecule has 0 aromatic carbocycles. The van der Waals surface area contributed by atoms with E-state index in [1.807, 2.05) is 12.2 Å². The second-order valence-electron chi connectivity index (χ2n) is 8.58. The van der Waals surface area contributed by atoms with Crippen LogP contribution in [0.2, 0.25) is 0 Å². The van der Waals surface area contributed by atoms with Crippen LogP contribution in [0.3, 0.4) is 0 Å². The van der Waals surface area contributed by atoms with E-state index in [9.17, 15) is 15.0 Å². The largest absolute Gasteiger partial charge is 0.481 e. The van der Waals surface area contributed by atoms with Crippen LogP contribution in [-0.4, -0.2) is 53.5 Å². The van der Waals surface area contributed by atoms with Crippen LogP contribution in [0.5, 0.6) is 0 Å². The van der Waals surface area contributed by atoms with E-state index in [0.717, 1.165) is 38.5 Å². The summed E-state index contributed by atoms with van der Waals surface area (Å²) in [4.78, 5) is 10.9. The van der Waals surface area contributed by atoms with Gasteiger partial charge in [-0.1, -0.05) is 51.7 Å². The molecule has 29 heavy (non-hydrogen) atoms. The summed E-state index contributed by atoms with van der Waals surface area (Å²) in [5, 5.41) is 30.0. The summed E-state index contributed by atoms with van der Waals surface area (Å²) in [5.74, 6) is -1.94. The smallest absolute Gasteiger partial charge is 0.306 e. The minimum atomic E-state index is -1.15. The van der Waals surface area contributed by atoms with Gasteiger partial charge in [0.2, 0.25) is 0 Å². The molecule has 6 atom stereocenters. The number of carboxylic acids is 1. The first-order valence-electron chi connectivity index (χ1n) is 11.2. The third-order valence-electron chi connectivity index (χ3n) is 6.38. The Labute approximate surface area is 176 Å². The average molecular weight is 415 g/mol. The van der Waals surface area contributed by atoms with Gasteiger partial charge < -0.3 is 24.8 Å². The molecule has 1 rings (SSSR count). The van der Waals surface area contributed by atoms with E-state index in [2.05, 4.69) is 6.92 Å². The number of methoxy groups -OCH3 is 2. The highest BCUT2D eigenvalue weighted by atomic mass is 16.6. The van der Waals surface area contributed by atoms with Crippen molar-refractivity contribution in [2.45, 2.75) is 96.1 Å². The molecule has 0 heterocycles. The van der Waals surface area contributed by atoms with Crippen molar-refractivity contribution in [2.24, 2.45) is 17.8 Å². The van der Waals surface area contributed by atoms with Gasteiger partial charge in [0.05, 0.1) is 18.1 Å². The van der Waals surface area contributed by atoms with E-state index in [1.54, 1.807) is 14.0 Å². The average Bonchev–Trinajstić information content (AvgIpc) is 3.00. The van der Waals surface area contributed by atoms with Gasteiger partial charge in [-0.3, -0.25) is 4.79 Å². The van der Waals surface area contributed by atoms with Gasteiger partial charge >= 0.3 is 5.97 Å². The number of hydrogen-bond donors (Lipinski definition) is 3. The molecule has 170 valence electrons. The predicted octanol–water partition coefficient (Wildman–Crippen LogP) is 4.14. The summed E-state index contributed by atoms with van der Waals surface area (Å²) in [6.45, 7) is 3.83. The zero-order valence-electron chi connectivity index (χ0n) is 18.7. The molecule has 0 spiro atoms.